The molecule has 3 rings (SSSR count). The highest BCUT2D eigenvalue weighted by atomic mass is 32.2. The van der Waals surface area contributed by atoms with Crippen molar-refractivity contribution in [2.75, 3.05) is 0 Å². The molecule has 2 aromatic heterocycles. The molecule has 20 heavy (non-hydrogen) atoms. The molecular formula is C12H10N4O3S. The van der Waals surface area contributed by atoms with E-state index in [2.05, 4.69) is 9.97 Å². The molecule has 1 aromatic carbocycles. The maximum absolute atomic E-state index is 11.4. The summed E-state index contributed by atoms with van der Waals surface area (Å²) in [5.41, 5.74) is 0.638. The molecule has 0 spiro atoms. The fraction of sp³-hybridized carbons (Fsp3) is 0. The molecule has 102 valence electrons. The molecule has 0 aliphatic carbocycles. The van der Waals surface area contributed by atoms with Crippen molar-refractivity contribution in [1.29, 1.82) is 0 Å². The van der Waals surface area contributed by atoms with E-state index in [1.807, 2.05) is 18.2 Å². The van der Waals surface area contributed by atoms with Crippen LogP contribution in [-0.4, -0.2) is 22.4 Å². The highest BCUT2D eigenvalue weighted by molar-refractivity contribution is 7.87. The molecule has 7 nitrogen and oxygen atoms in total. The lowest BCUT2D eigenvalue weighted by atomic mass is 10.3. The van der Waals surface area contributed by atoms with E-state index in [0.29, 0.717) is 16.8 Å². The zero-order valence-corrected chi connectivity index (χ0v) is 11.0. The van der Waals surface area contributed by atoms with E-state index in [-0.39, 0.29) is 5.88 Å². The van der Waals surface area contributed by atoms with Gasteiger partial charge in [0.05, 0.1) is 5.52 Å². The molecule has 2 N–H and O–H groups in total. The van der Waals surface area contributed by atoms with Crippen molar-refractivity contribution in [3.05, 3.63) is 48.9 Å². The number of ether oxygens (including phenoxy) is 1. The predicted molar refractivity (Wildman–Crippen MR) is 72.5 cm³/mol. The molecule has 8 heteroatoms. The third-order valence-electron chi connectivity index (χ3n) is 2.63. The second-order valence-electron chi connectivity index (χ2n) is 3.98. The van der Waals surface area contributed by atoms with Gasteiger partial charge in [0.1, 0.15) is 12.1 Å². The zero-order chi connectivity index (χ0) is 14.2. The van der Waals surface area contributed by atoms with Gasteiger partial charge < -0.3 is 4.74 Å². The second-order valence-corrected chi connectivity index (χ2v) is 5.41. The minimum atomic E-state index is -3.90. The number of fused-ring (bicyclic) bond motifs is 1. The summed E-state index contributed by atoms with van der Waals surface area (Å²) in [6, 6.07) is 10.5. The Morgan fingerprint density at radius 3 is 2.55 bits per heavy atom. The Kier molecular flexibility index (Phi) is 2.88. The van der Waals surface area contributed by atoms with Gasteiger partial charge in [0.2, 0.25) is 5.88 Å². The largest absolute Gasteiger partial charge is 0.437 e. The number of benzene rings is 1. The average molecular weight is 290 g/mol. The molecule has 0 aliphatic rings. The number of rotatable bonds is 3. The van der Waals surface area contributed by atoms with Gasteiger partial charge in [-0.05, 0) is 18.2 Å². The van der Waals surface area contributed by atoms with E-state index in [0.717, 1.165) is 10.3 Å². The van der Waals surface area contributed by atoms with Crippen LogP contribution in [-0.2, 0) is 10.2 Å². The van der Waals surface area contributed by atoms with Gasteiger partial charge in [-0.15, -0.1) is 0 Å². The molecule has 0 fully saturated rings. The molecular weight excluding hydrogens is 280 g/mol. The minimum absolute atomic E-state index is 0.219. The van der Waals surface area contributed by atoms with Gasteiger partial charge in [0.15, 0.2) is 5.52 Å². The minimum Gasteiger partial charge on any atom is -0.437 e. The van der Waals surface area contributed by atoms with Crippen LogP contribution in [0.4, 0.5) is 0 Å². The molecule has 2 heterocycles. The van der Waals surface area contributed by atoms with Crippen molar-refractivity contribution >= 4 is 21.2 Å². The summed E-state index contributed by atoms with van der Waals surface area (Å²) in [7, 11) is -3.90. The van der Waals surface area contributed by atoms with Gasteiger partial charge in [-0.3, -0.25) is 0 Å². The molecule has 0 radical (unpaired) electrons. The summed E-state index contributed by atoms with van der Waals surface area (Å²) in [5.74, 6) is 0.800. The lowest BCUT2D eigenvalue weighted by Crippen LogP contribution is -2.20. The second kappa shape index (κ2) is 4.58. The van der Waals surface area contributed by atoms with Crippen LogP contribution in [0, 0.1) is 0 Å². The van der Waals surface area contributed by atoms with Crippen LogP contribution in [0.15, 0.2) is 48.9 Å². The lowest BCUT2D eigenvalue weighted by Gasteiger charge is -2.05. The van der Waals surface area contributed by atoms with Crippen molar-refractivity contribution in [1.82, 2.24) is 13.9 Å². The van der Waals surface area contributed by atoms with E-state index >= 15 is 0 Å². The van der Waals surface area contributed by atoms with Gasteiger partial charge in [0, 0.05) is 6.20 Å². The Morgan fingerprint density at radius 1 is 1.10 bits per heavy atom. The highest BCUT2D eigenvalue weighted by Gasteiger charge is 2.15. The maximum Gasteiger partial charge on any atom is 0.304 e. The smallest absolute Gasteiger partial charge is 0.304 e. The molecule has 0 aliphatic heterocycles. The van der Waals surface area contributed by atoms with E-state index in [1.54, 1.807) is 12.1 Å². The number of imidazole rings is 1. The first-order valence-corrected chi connectivity index (χ1v) is 7.14. The topological polar surface area (TPSA) is 100 Å². The number of aromatic nitrogens is 3. The van der Waals surface area contributed by atoms with Crippen molar-refractivity contribution in [2.45, 2.75) is 0 Å². The molecule has 0 saturated heterocycles. The van der Waals surface area contributed by atoms with Crippen LogP contribution < -0.4 is 9.88 Å². The van der Waals surface area contributed by atoms with E-state index in [9.17, 15) is 8.42 Å². The number of hydrogen-bond donors (Lipinski definition) is 1. The zero-order valence-electron chi connectivity index (χ0n) is 10.2. The fourth-order valence-electron chi connectivity index (χ4n) is 1.77. The van der Waals surface area contributed by atoms with Crippen molar-refractivity contribution in [2.24, 2.45) is 5.14 Å². The van der Waals surface area contributed by atoms with Gasteiger partial charge in [0.25, 0.3) is 0 Å². The molecule has 0 atom stereocenters. The van der Waals surface area contributed by atoms with Crippen molar-refractivity contribution in [3.63, 3.8) is 0 Å². The maximum atomic E-state index is 11.4. The summed E-state index contributed by atoms with van der Waals surface area (Å²) in [6.45, 7) is 0. The Labute approximate surface area is 114 Å². The number of nitrogens with zero attached hydrogens (tertiary/aromatic N) is 3. The summed E-state index contributed by atoms with van der Waals surface area (Å²) in [6.07, 6.45) is 2.56. The van der Waals surface area contributed by atoms with Crippen LogP contribution in [0.25, 0.3) is 11.0 Å². The van der Waals surface area contributed by atoms with E-state index in [4.69, 9.17) is 9.88 Å². The molecule has 3 aromatic rings. The number of nitrogens with two attached hydrogens (primary N) is 1. The van der Waals surface area contributed by atoms with Gasteiger partial charge in [-0.2, -0.15) is 8.42 Å². The monoisotopic (exact) mass is 290 g/mol. The van der Waals surface area contributed by atoms with Gasteiger partial charge >= 0.3 is 10.2 Å². The first kappa shape index (κ1) is 12.6. The number of para-hydroxylation sites is 1. The van der Waals surface area contributed by atoms with Crippen LogP contribution in [0.3, 0.4) is 0 Å². The van der Waals surface area contributed by atoms with Crippen LogP contribution in [0.1, 0.15) is 0 Å². The average Bonchev–Trinajstić information content (AvgIpc) is 2.85. The number of hydrogen-bond acceptors (Lipinski definition) is 5. The first-order valence-electron chi connectivity index (χ1n) is 5.64. The Bertz CT molecular complexity index is 859. The predicted octanol–water partition coefficient (Wildman–Crippen LogP) is 1.28. The molecule has 0 unspecified atom stereocenters. The van der Waals surface area contributed by atoms with Gasteiger partial charge in [-0.1, -0.05) is 18.2 Å². The van der Waals surface area contributed by atoms with E-state index in [1.165, 1.54) is 12.3 Å². The first-order chi connectivity index (χ1) is 9.55. The van der Waals surface area contributed by atoms with Crippen molar-refractivity contribution in [3.8, 4) is 11.6 Å². The Morgan fingerprint density at radius 2 is 1.85 bits per heavy atom. The van der Waals surface area contributed by atoms with Crippen LogP contribution in [0.5, 0.6) is 11.6 Å². The Balaban J connectivity index is 2.12. The highest BCUT2D eigenvalue weighted by Crippen LogP contribution is 2.26. The fourth-order valence-corrected chi connectivity index (χ4v) is 2.37. The summed E-state index contributed by atoms with van der Waals surface area (Å²) < 4.78 is 29.3. The molecule has 0 saturated carbocycles. The van der Waals surface area contributed by atoms with Crippen molar-refractivity contribution < 1.29 is 13.2 Å². The quantitative estimate of drug-likeness (QED) is 0.783. The van der Waals surface area contributed by atoms with Crippen LogP contribution in [0.2, 0.25) is 0 Å². The van der Waals surface area contributed by atoms with E-state index < -0.39 is 10.2 Å². The summed E-state index contributed by atoms with van der Waals surface area (Å²) in [4.78, 5) is 8.06. The van der Waals surface area contributed by atoms with Crippen LogP contribution >= 0.6 is 0 Å². The molecule has 0 amide bonds. The SMILES string of the molecule is NS(=O)(=O)n1cnc2c(Oc3ccccc3)nccc21. The Hall–Kier alpha value is -2.45. The lowest BCUT2D eigenvalue weighted by molar-refractivity contribution is 0.468. The third-order valence-corrected chi connectivity index (χ3v) is 3.47. The number of pyridine rings is 1. The standard InChI is InChI=1S/C12H10N4O3S/c13-20(17,18)16-8-15-11-10(16)6-7-14-12(11)19-9-4-2-1-3-5-9/h1-8H,(H2,13,17,18). The molecule has 0 bridgehead atoms. The summed E-state index contributed by atoms with van der Waals surface area (Å²) in [5, 5.41) is 5.10. The summed E-state index contributed by atoms with van der Waals surface area (Å²) >= 11 is 0. The van der Waals surface area contributed by atoms with Gasteiger partial charge in [-0.25, -0.2) is 19.1 Å². The normalized spacial score (nSPS) is 11.7. The third kappa shape index (κ3) is 2.22.